The Morgan fingerprint density at radius 1 is 1.00 bits per heavy atom. The molecule has 0 radical (unpaired) electrons. The van der Waals surface area contributed by atoms with Crippen LogP contribution in [0, 0.1) is 46.3 Å². The van der Waals surface area contributed by atoms with E-state index < -0.39 is 0 Å². The monoisotopic (exact) mass is 438 g/mol. The lowest BCUT2D eigenvalue weighted by molar-refractivity contribution is -0.148. The zero-order valence-electron chi connectivity index (χ0n) is 21.6. The Labute approximate surface area is 197 Å². The molecular formula is C30H46O2. The first-order valence-electron chi connectivity index (χ1n) is 13.3. The van der Waals surface area contributed by atoms with E-state index in [9.17, 15) is 4.79 Å². The van der Waals surface area contributed by atoms with Crippen LogP contribution in [0.15, 0.2) is 35.5 Å². The fraction of sp³-hybridized carbons (Fsp3) is 0.767. The first kappa shape index (κ1) is 23.8. The second-order valence-corrected chi connectivity index (χ2v) is 12.4. The zero-order chi connectivity index (χ0) is 23.3. The summed E-state index contributed by atoms with van der Waals surface area (Å²) in [5.41, 5.74) is 3.98. The Bertz CT molecular complexity index is 817. The molecule has 0 aromatic carbocycles. The van der Waals surface area contributed by atoms with Gasteiger partial charge in [0.25, 0.3) is 0 Å². The standard InChI is InChI=1S/C30H46O2/c1-19(2)20(3)8-9-21(4)26-12-13-27-25-11-10-23-18-24(32-22(5)31)14-16-29(23,6)28(25)15-17-30(26,27)7/h8-11,19-21,24,26-28H,12-18H2,1-7H3/t20-,21+,24?,26+,27?,28?,29-,30+/m0/s1. The number of esters is 1. The van der Waals surface area contributed by atoms with Gasteiger partial charge < -0.3 is 4.74 Å². The van der Waals surface area contributed by atoms with Gasteiger partial charge in [-0.2, -0.15) is 0 Å². The highest BCUT2D eigenvalue weighted by Crippen LogP contribution is 2.66. The molecule has 0 heterocycles. The molecule has 32 heavy (non-hydrogen) atoms. The molecule has 0 bridgehead atoms. The maximum atomic E-state index is 11.5. The highest BCUT2D eigenvalue weighted by atomic mass is 16.5. The van der Waals surface area contributed by atoms with Gasteiger partial charge in [-0.1, -0.05) is 77.0 Å². The topological polar surface area (TPSA) is 26.3 Å². The molecule has 0 amide bonds. The van der Waals surface area contributed by atoms with Gasteiger partial charge in [0.2, 0.25) is 0 Å². The average molecular weight is 439 g/mol. The molecule has 0 aromatic rings. The normalized spacial score (nSPS) is 40.8. The number of ether oxygens (including phenoxy) is 1. The highest BCUT2D eigenvalue weighted by Gasteiger charge is 2.56. The minimum atomic E-state index is -0.136. The maximum absolute atomic E-state index is 11.5. The lowest BCUT2D eigenvalue weighted by Gasteiger charge is -2.55. The predicted octanol–water partition coefficient (Wildman–Crippen LogP) is 7.90. The number of hydrogen-bond donors (Lipinski definition) is 0. The highest BCUT2D eigenvalue weighted by molar-refractivity contribution is 5.66. The summed E-state index contributed by atoms with van der Waals surface area (Å²) in [6.07, 6.45) is 18.5. The quantitative estimate of drug-likeness (QED) is 0.322. The molecule has 0 saturated heterocycles. The van der Waals surface area contributed by atoms with Crippen molar-refractivity contribution in [2.75, 3.05) is 0 Å². The van der Waals surface area contributed by atoms with Crippen LogP contribution < -0.4 is 0 Å². The fourth-order valence-corrected chi connectivity index (χ4v) is 7.92. The van der Waals surface area contributed by atoms with Gasteiger partial charge in [0, 0.05) is 13.3 Å². The van der Waals surface area contributed by atoms with Crippen LogP contribution in [-0.2, 0) is 9.53 Å². The van der Waals surface area contributed by atoms with E-state index in [0.29, 0.717) is 29.1 Å². The van der Waals surface area contributed by atoms with E-state index in [-0.39, 0.29) is 17.5 Å². The SMILES string of the molecule is CC(=O)OC1CC[C@@]2(C)C(=CC=C3C2CC[C@@]2(C)C3CC[C@@H]2[C@H](C)C=C[C@H](C)C(C)C)C1. The molecule has 0 spiro atoms. The van der Waals surface area contributed by atoms with Crippen molar-refractivity contribution in [3.8, 4) is 0 Å². The van der Waals surface area contributed by atoms with Crippen LogP contribution in [0.5, 0.6) is 0 Å². The van der Waals surface area contributed by atoms with Gasteiger partial charge in [0.1, 0.15) is 6.10 Å². The van der Waals surface area contributed by atoms with E-state index in [4.69, 9.17) is 4.74 Å². The summed E-state index contributed by atoms with van der Waals surface area (Å²) in [4.78, 5) is 11.5. The number of allylic oxidation sites excluding steroid dienone is 5. The van der Waals surface area contributed by atoms with Gasteiger partial charge in [-0.15, -0.1) is 0 Å². The van der Waals surface area contributed by atoms with E-state index in [1.807, 2.05) is 0 Å². The molecule has 3 fully saturated rings. The molecule has 3 unspecified atom stereocenters. The number of carbonyl (C=O) groups is 1. The second kappa shape index (κ2) is 8.80. The van der Waals surface area contributed by atoms with Crippen LogP contribution in [0.1, 0.15) is 93.4 Å². The van der Waals surface area contributed by atoms with E-state index in [1.54, 1.807) is 12.5 Å². The van der Waals surface area contributed by atoms with Crippen molar-refractivity contribution in [3.63, 3.8) is 0 Å². The molecule has 4 rings (SSSR count). The van der Waals surface area contributed by atoms with Crippen molar-refractivity contribution >= 4 is 5.97 Å². The van der Waals surface area contributed by atoms with Crippen LogP contribution in [-0.4, -0.2) is 12.1 Å². The molecule has 2 heteroatoms. The predicted molar refractivity (Wildman–Crippen MR) is 133 cm³/mol. The first-order valence-corrected chi connectivity index (χ1v) is 13.3. The van der Waals surface area contributed by atoms with Crippen LogP contribution in [0.3, 0.4) is 0 Å². The third kappa shape index (κ3) is 4.05. The molecule has 4 aliphatic carbocycles. The van der Waals surface area contributed by atoms with Crippen molar-refractivity contribution < 1.29 is 9.53 Å². The number of fused-ring (bicyclic) bond motifs is 5. The molecule has 0 aliphatic heterocycles. The van der Waals surface area contributed by atoms with Crippen molar-refractivity contribution in [2.45, 2.75) is 99.5 Å². The Hall–Kier alpha value is -1.31. The number of rotatable bonds is 5. The molecule has 3 saturated carbocycles. The smallest absolute Gasteiger partial charge is 0.302 e. The number of hydrogen-bond acceptors (Lipinski definition) is 2. The fourth-order valence-electron chi connectivity index (χ4n) is 7.92. The van der Waals surface area contributed by atoms with Gasteiger partial charge in [0.05, 0.1) is 0 Å². The van der Waals surface area contributed by atoms with E-state index in [2.05, 4.69) is 65.8 Å². The van der Waals surface area contributed by atoms with Crippen LogP contribution in [0.2, 0.25) is 0 Å². The molecule has 0 N–H and O–H groups in total. The minimum Gasteiger partial charge on any atom is -0.462 e. The van der Waals surface area contributed by atoms with Gasteiger partial charge in [-0.3, -0.25) is 4.79 Å². The van der Waals surface area contributed by atoms with Gasteiger partial charge in [-0.25, -0.2) is 0 Å². The largest absolute Gasteiger partial charge is 0.462 e. The summed E-state index contributed by atoms with van der Waals surface area (Å²) in [5.74, 6) is 4.11. The van der Waals surface area contributed by atoms with E-state index in [1.165, 1.54) is 31.3 Å². The average Bonchev–Trinajstić information content (AvgIpc) is 3.08. The Morgan fingerprint density at radius 2 is 1.75 bits per heavy atom. The van der Waals surface area contributed by atoms with Crippen LogP contribution in [0.25, 0.3) is 0 Å². The molecular weight excluding hydrogens is 392 g/mol. The Morgan fingerprint density at radius 3 is 2.44 bits per heavy atom. The third-order valence-corrected chi connectivity index (χ3v) is 10.3. The van der Waals surface area contributed by atoms with Gasteiger partial charge >= 0.3 is 5.97 Å². The summed E-state index contributed by atoms with van der Waals surface area (Å²) in [5, 5.41) is 0. The molecule has 4 aliphatic rings. The minimum absolute atomic E-state index is 0.0763. The summed E-state index contributed by atoms with van der Waals surface area (Å²) in [6.45, 7) is 16.1. The Kier molecular flexibility index (Phi) is 6.56. The summed E-state index contributed by atoms with van der Waals surface area (Å²) in [7, 11) is 0. The lowest BCUT2D eigenvalue weighted by atomic mass is 9.50. The molecule has 8 atom stereocenters. The van der Waals surface area contributed by atoms with Crippen LogP contribution >= 0.6 is 0 Å². The Balaban J connectivity index is 1.54. The number of carbonyl (C=O) groups excluding carboxylic acids is 1. The lowest BCUT2D eigenvalue weighted by Crippen LogP contribution is -2.46. The van der Waals surface area contributed by atoms with Gasteiger partial charge in [0.15, 0.2) is 0 Å². The van der Waals surface area contributed by atoms with Crippen molar-refractivity contribution in [2.24, 2.45) is 46.3 Å². The van der Waals surface area contributed by atoms with Crippen molar-refractivity contribution in [1.29, 1.82) is 0 Å². The maximum Gasteiger partial charge on any atom is 0.302 e. The zero-order valence-corrected chi connectivity index (χ0v) is 21.6. The van der Waals surface area contributed by atoms with E-state index >= 15 is 0 Å². The first-order chi connectivity index (χ1) is 15.1. The molecule has 0 aromatic heterocycles. The second-order valence-electron chi connectivity index (χ2n) is 12.4. The summed E-state index contributed by atoms with van der Waals surface area (Å²) in [6, 6.07) is 0. The van der Waals surface area contributed by atoms with Crippen molar-refractivity contribution in [3.05, 3.63) is 35.5 Å². The third-order valence-electron chi connectivity index (χ3n) is 10.3. The summed E-state index contributed by atoms with van der Waals surface area (Å²) < 4.78 is 5.59. The van der Waals surface area contributed by atoms with Crippen LogP contribution in [0.4, 0.5) is 0 Å². The molecule has 178 valence electrons. The van der Waals surface area contributed by atoms with Gasteiger partial charge in [-0.05, 0) is 84.9 Å². The summed E-state index contributed by atoms with van der Waals surface area (Å²) >= 11 is 0. The van der Waals surface area contributed by atoms with Crippen molar-refractivity contribution in [1.82, 2.24) is 0 Å². The van der Waals surface area contributed by atoms with E-state index in [0.717, 1.165) is 31.1 Å². The molecule has 2 nitrogen and oxygen atoms in total.